The minimum atomic E-state index is 0.418. The second kappa shape index (κ2) is 4.86. The van der Waals surface area contributed by atoms with E-state index < -0.39 is 0 Å². The monoisotopic (exact) mass is 247 g/mol. The van der Waals surface area contributed by atoms with Gasteiger partial charge in [-0.2, -0.15) is 0 Å². The van der Waals surface area contributed by atoms with Crippen molar-refractivity contribution in [1.82, 2.24) is 10.3 Å². The topological polar surface area (TPSA) is 37.4 Å². The molecule has 1 aromatic rings. The van der Waals surface area contributed by atoms with E-state index in [1.165, 1.54) is 11.3 Å². The van der Waals surface area contributed by atoms with Crippen LogP contribution in [-0.2, 0) is 11.3 Å². The Morgan fingerprint density at radius 1 is 1.39 bits per heavy atom. The SMILES string of the molecule is CC1CNCc2ccc(N3CCOC[C@H]3C)nc21. The van der Waals surface area contributed by atoms with Crippen LogP contribution in [0.1, 0.15) is 31.0 Å². The first-order valence-corrected chi connectivity index (χ1v) is 6.80. The summed E-state index contributed by atoms with van der Waals surface area (Å²) >= 11 is 0. The fraction of sp³-hybridized carbons (Fsp3) is 0.643. The quantitative estimate of drug-likeness (QED) is 0.816. The number of ether oxygens (including phenoxy) is 1. The number of nitrogens with one attached hydrogen (secondary N) is 1. The van der Waals surface area contributed by atoms with Gasteiger partial charge in [0.25, 0.3) is 0 Å². The van der Waals surface area contributed by atoms with Crippen LogP contribution in [0.4, 0.5) is 5.82 Å². The van der Waals surface area contributed by atoms with Gasteiger partial charge in [-0.15, -0.1) is 0 Å². The summed E-state index contributed by atoms with van der Waals surface area (Å²) in [6, 6.07) is 4.80. The highest BCUT2D eigenvalue weighted by atomic mass is 16.5. The number of rotatable bonds is 1. The Morgan fingerprint density at radius 3 is 3.11 bits per heavy atom. The first-order chi connectivity index (χ1) is 8.75. The summed E-state index contributed by atoms with van der Waals surface area (Å²) in [6.07, 6.45) is 0. The lowest BCUT2D eigenvalue weighted by Gasteiger charge is -2.35. The van der Waals surface area contributed by atoms with Gasteiger partial charge in [-0.1, -0.05) is 13.0 Å². The van der Waals surface area contributed by atoms with E-state index in [9.17, 15) is 0 Å². The molecule has 4 heteroatoms. The number of pyridine rings is 1. The van der Waals surface area contributed by atoms with Crippen molar-refractivity contribution in [3.05, 3.63) is 23.4 Å². The van der Waals surface area contributed by atoms with E-state index in [4.69, 9.17) is 9.72 Å². The zero-order chi connectivity index (χ0) is 12.5. The molecule has 1 aromatic heterocycles. The van der Waals surface area contributed by atoms with Gasteiger partial charge in [0.05, 0.1) is 24.9 Å². The minimum Gasteiger partial charge on any atom is -0.377 e. The van der Waals surface area contributed by atoms with Gasteiger partial charge in [0, 0.05) is 25.6 Å². The zero-order valence-corrected chi connectivity index (χ0v) is 11.1. The van der Waals surface area contributed by atoms with Crippen molar-refractivity contribution in [2.75, 3.05) is 31.2 Å². The normalized spacial score (nSPS) is 28.0. The largest absolute Gasteiger partial charge is 0.377 e. The lowest BCUT2D eigenvalue weighted by molar-refractivity contribution is 0.0985. The third-order valence-electron chi connectivity index (χ3n) is 3.89. The molecule has 0 radical (unpaired) electrons. The number of aromatic nitrogens is 1. The van der Waals surface area contributed by atoms with Gasteiger partial charge in [-0.25, -0.2) is 4.98 Å². The van der Waals surface area contributed by atoms with Gasteiger partial charge in [-0.3, -0.25) is 0 Å². The maximum Gasteiger partial charge on any atom is 0.129 e. The van der Waals surface area contributed by atoms with Crippen molar-refractivity contribution in [2.24, 2.45) is 0 Å². The maximum absolute atomic E-state index is 5.49. The van der Waals surface area contributed by atoms with Crippen LogP contribution in [0.5, 0.6) is 0 Å². The molecule has 0 saturated carbocycles. The smallest absolute Gasteiger partial charge is 0.129 e. The van der Waals surface area contributed by atoms with Crippen molar-refractivity contribution >= 4 is 5.82 Å². The van der Waals surface area contributed by atoms with Gasteiger partial charge >= 0.3 is 0 Å². The number of nitrogens with zero attached hydrogens (tertiary/aromatic N) is 2. The van der Waals surface area contributed by atoms with Crippen LogP contribution in [0.25, 0.3) is 0 Å². The van der Waals surface area contributed by atoms with Crippen molar-refractivity contribution in [2.45, 2.75) is 32.4 Å². The Morgan fingerprint density at radius 2 is 2.28 bits per heavy atom. The van der Waals surface area contributed by atoms with Crippen LogP contribution in [0.3, 0.4) is 0 Å². The molecule has 2 atom stereocenters. The second-order valence-corrected chi connectivity index (χ2v) is 5.36. The summed E-state index contributed by atoms with van der Waals surface area (Å²) in [6.45, 7) is 8.97. The Hall–Kier alpha value is -1.13. The van der Waals surface area contributed by atoms with Crippen molar-refractivity contribution in [3.63, 3.8) is 0 Å². The lowest BCUT2D eigenvalue weighted by Crippen LogP contribution is -2.44. The van der Waals surface area contributed by atoms with Gasteiger partial charge in [0.2, 0.25) is 0 Å². The van der Waals surface area contributed by atoms with Crippen molar-refractivity contribution in [3.8, 4) is 0 Å². The minimum absolute atomic E-state index is 0.418. The molecule has 0 spiro atoms. The predicted octanol–water partition coefficient (Wildman–Crippen LogP) is 1.51. The molecular weight excluding hydrogens is 226 g/mol. The summed E-state index contributed by atoms with van der Waals surface area (Å²) in [5.74, 6) is 1.61. The predicted molar refractivity (Wildman–Crippen MR) is 72.0 cm³/mol. The molecule has 3 heterocycles. The summed E-state index contributed by atoms with van der Waals surface area (Å²) in [5, 5.41) is 3.42. The number of fused-ring (bicyclic) bond motifs is 1. The van der Waals surface area contributed by atoms with Crippen LogP contribution in [0, 0.1) is 0 Å². The highest BCUT2D eigenvalue weighted by molar-refractivity contribution is 5.44. The summed E-state index contributed by atoms with van der Waals surface area (Å²) < 4.78 is 5.49. The number of morpholine rings is 1. The van der Waals surface area contributed by atoms with E-state index in [2.05, 4.69) is 36.2 Å². The lowest BCUT2D eigenvalue weighted by atomic mass is 9.98. The Bertz CT molecular complexity index is 435. The average molecular weight is 247 g/mol. The molecule has 2 aliphatic heterocycles. The van der Waals surface area contributed by atoms with Gasteiger partial charge in [0.1, 0.15) is 5.82 Å². The van der Waals surface area contributed by atoms with E-state index in [0.717, 1.165) is 38.7 Å². The molecular formula is C14H21N3O. The highest BCUT2D eigenvalue weighted by Crippen LogP contribution is 2.26. The van der Waals surface area contributed by atoms with Crippen LogP contribution in [0.15, 0.2) is 12.1 Å². The number of hydrogen-bond acceptors (Lipinski definition) is 4. The summed E-state index contributed by atoms with van der Waals surface area (Å²) in [7, 11) is 0. The maximum atomic E-state index is 5.49. The molecule has 18 heavy (non-hydrogen) atoms. The summed E-state index contributed by atoms with van der Waals surface area (Å²) in [4.78, 5) is 7.26. The van der Waals surface area contributed by atoms with E-state index in [0.29, 0.717) is 12.0 Å². The van der Waals surface area contributed by atoms with E-state index in [1.807, 2.05) is 0 Å². The molecule has 0 bridgehead atoms. The van der Waals surface area contributed by atoms with Crippen LogP contribution in [0.2, 0.25) is 0 Å². The van der Waals surface area contributed by atoms with Crippen molar-refractivity contribution < 1.29 is 4.74 Å². The first kappa shape index (κ1) is 11.9. The fourth-order valence-electron chi connectivity index (χ4n) is 2.82. The van der Waals surface area contributed by atoms with E-state index >= 15 is 0 Å². The molecule has 0 amide bonds. The molecule has 1 fully saturated rings. The molecule has 4 nitrogen and oxygen atoms in total. The molecule has 1 N–H and O–H groups in total. The number of anilines is 1. The number of hydrogen-bond donors (Lipinski definition) is 1. The van der Waals surface area contributed by atoms with Crippen molar-refractivity contribution in [1.29, 1.82) is 0 Å². The third-order valence-corrected chi connectivity index (χ3v) is 3.89. The third kappa shape index (κ3) is 2.10. The average Bonchev–Trinajstić information content (AvgIpc) is 2.40. The fourth-order valence-corrected chi connectivity index (χ4v) is 2.82. The molecule has 0 aliphatic carbocycles. The second-order valence-electron chi connectivity index (χ2n) is 5.36. The molecule has 1 saturated heterocycles. The molecule has 3 rings (SSSR count). The van der Waals surface area contributed by atoms with Gasteiger partial charge in [0.15, 0.2) is 0 Å². The molecule has 2 aliphatic rings. The molecule has 0 aromatic carbocycles. The molecule has 98 valence electrons. The highest BCUT2D eigenvalue weighted by Gasteiger charge is 2.23. The van der Waals surface area contributed by atoms with Crippen LogP contribution >= 0.6 is 0 Å². The summed E-state index contributed by atoms with van der Waals surface area (Å²) in [5.41, 5.74) is 2.61. The molecule has 1 unspecified atom stereocenters. The van der Waals surface area contributed by atoms with Crippen LogP contribution < -0.4 is 10.2 Å². The standard InChI is InChI=1S/C14H21N3O/c1-10-7-15-8-12-3-4-13(16-14(10)12)17-5-6-18-9-11(17)2/h3-4,10-11,15H,5-9H2,1-2H3/t10?,11-/m1/s1. The Balaban J connectivity index is 1.91. The zero-order valence-electron chi connectivity index (χ0n) is 11.1. The van der Waals surface area contributed by atoms with Crippen LogP contribution in [-0.4, -0.2) is 37.3 Å². The van der Waals surface area contributed by atoms with Gasteiger partial charge in [-0.05, 0) is 18.6 Å². The Kier molecular flexibility index (Phi) is 3.22. The van der Waals surface area contributed by atoms with E-state index in [-0.39, 0.29) is 0 Å². The van der Waals surface area contributed by atoms with E-state index in [1.54, 1.807) is 0 Å². The Labute approximate surface area is 108 Å². The van der Waals surface area contributed by atoms with Gasteiger partial charge < -0.3 is 15.0 Å². The first-order valence-electron chi connectivity index (χ1n) is 6.80.